The lowest BCUT2D eigenvalue weighted by Crippen LogP contribution is -2.39. The van der Waals surface area contributed by atoms with Crippen LogP contribution in [0.1, 0.15) is 26.3 Å². The van der Waals surface area contributed by atoms with Gasteiger partial charge in [0.2, 0.25) is 0 Å². The maximum atomic E-state index is 12.7. The Balaban J connectivity index is 1.42. The monoisotopic (exact) mass is 422 g/mol. The van der Waals surface area contributed by atoms with Gasteiger partial charge in [-0.1, -0.05) is 60.7 Å². The quantitative estimate of drug-likeness (QED) is 0.437. The van der Waals surface area contributed by atoms with Crippen molar-refractivity contribution < 1.29 is 9.59 Å². The Morgan fingerprint density at radius 2 is 1.34 bits per heavy atom. The first-order valence-electron chi connectivity index (χ1n) is 10.4. The van der Waals surface area contributed by atoms with Crippen LogP contribution in [0.3, 0.4) is 0 Å². The second-order valence-corrected chi connectivity index (χ2v) is 7.89. The lowest BCUT2D eigenvalue weighted by atomic mass is 10.1. The van der Waals surface area contributed by atoms with E-state index in [1.54, 1.807) is 24.3 Å². The molecule has 1 aliphatic rings. The van der Waals surface area contributed by atoms with Crippen LogP contribution in [0.4, 0.5) is 0 Å². The van der Waals surface area contributed by atoms with Crippen LogP contribution in [0, 0.1) is 0 Å². The van der Waals surface area contributed by atoms with Crippen molar-refractivity contribution in [2.45, 2.75) is 6.54 Å². The zero-order chi connectivity index (χ0) is 22.1. The first kappa shape index (κ1) is 19.9. The Morgan fingerprint density at radius 3 is 1.97 bits per heavy atom. The molecule has 0 fully saturated rings. The summed E-state index contributed by atoms with van der Waals surface area (Å²) in [7, 11) is 1.90. The second-order valence-electron chi connectivity index (χ2n) is 7.89. The molecular weight excluding hydrogens is 400 g/mol. The summed E-state index contributed by atoms with van der Waals surface area (Å²) in [6.07, 6.45) is 2.01. The molecular formula is C26H22N4O2. The van der Waals surface area contributed by atoms with Crippen molar-refractivity contribution in [2.24, 2.45) is 0 Å². The summed E-state index contributed by atoms with van der Waals surface area (Å²) in [5.41, 5.74) is 4.81. The zero-order valence-corrected chi connectivity index (χ0v) is 17.7. The summed E-state index contributed by atoms with van der Waals surface area (Å²) in [5, 5.41) is 4.84. The van der Waals surface area contributed by atoms with Crippen molar-refractivity contribution in [3.05, 3.63) is 108 Å². The highest BCUT2D eigenvalue weighted by Gasteiger charge is 2.35. The van der Waals surface area contributed by atoms with Gasteiger partial charge in [-0.15, -0.1) is 0 Å². The van der Waals surface area contributed by atoms with Crippen molar-refractivity contribution in [2.75, 3.05) is 13.7 Å². The Labute approximate surface area is 186 Å². The molecule has 0 atom stereocenters. The van der Waals surface area contributed by atoms with Crippen molar-refractivity contribution in [1.82, 2.24) is 19.6 Å². The molecule has 0 saturated carbocycles. The normalized spacial score (nSPS) is 13.1. The highest BCUT2D eigenvalue weighted by atomic mass is 16.2. The maximum Gasteiger partial charge on any atom is 0.262 e. The first-order chi connectivity index (χ1) is 15.6. The number of rotatable bonds is 6. The molecule has 3 aromatic carbocycles. The van der Waals surface area contributed by atoms with Gasteiger partial charge in [0, 0.05) is 23.9 Å². The van der Waals surface area contributed by atoms with Crippen molar-refractivity contribution in [3.8, 4) is 16.9 Å². The van der Waals surface area contributed by atoms with Crippen molar-refractivity contribution >= 4 is 11.8 Å². The summed E-state index contributed by atoms with van der Waals surface area (Å²) in [4.78, 5) is 28.7. The lowest BCUT2D eigenvalue weighted by molar-refractivity contribution is 0.0559. The van der Waals surface area contributed by atoms with E-state index in [0.29, 0.717) is 17.7 Å². The fourth-order valence-electron chi connectivity index (χ4n) is 4.03. The number of aromatic nitrogens is 2. The Kier molecular flexibility index (Phi) is 5.13. The van der Waals surface area contributed by atoms with E-state index in [1.165, 1.54) is 4.90 Å². The third-order valence-electron chi connectivity index (χ3n) is 5.56. The molecule has 0 saturated heterocycles. The molecule has 2 amide bonds. The van der Waals surface area contributed by atoms with E-state index in [0.717, 1.165) is 22.5 Å². The molecule has 1 aromatic heterocycles. The van der Waals surface area contributed by atoms with Gasteiger partial charge in [0.15, 0.2) is 0 Å². The number of hydrogen-bond acceptors (Lipinski definition) is 4. The molecule has 158 valence electrons. The third kappa shape index (κ3) is 3.61. The Hall–Kier alpha value is -4.03. The molecule has 0 unspecified atom stereocenters. The Bertz CT molecular complexity index is 1250. The number of carbonyl (C=O) groups excluding carboxylic acids is 2. The van der Waals surface area contributed by atoms with Crippen LogP contribution < -0.4 is 0 Å². The minimum atomic E-state index is -0.249. The van der Waals surface area contributed by atoms with Gasteiger partial charge in [0.1, 0.15) is 0 Å². The lowest BCUT2D eigenvalue weighted by Gasteiger charge is -2.22. The average Bonchev–Trinajstić information content (AvgIpc) is 3.35. The van der Waals surface area contributed by atoms with Crippen LogP contribution in [0.5, 0.6) is 0 Å². The zero-order valence-electron chi connectivity index (χ0n) is 17.7. The molecule has 4 aromatic rings. The van der Waals surface area contributed by atoms with E-state index < -0.39 is 0 Å². The number of nitrogens with zero attached hydrogens (tertiary/aromatic N) is 4. The van der Waals surface area contributed by atoms with Gasteiger partial charge < -0.3 is 0 Å². The number of fused-ring (bicyclic) bond motifs is 1. The van der Waals surface area contributed by atoms with Crippen molar-refractivity contribution in [3.63, 3.8) is 0 Å². The number of hydrogen-bond donors (Lipinski definition) is 0. The number of amides is 2. The predicted molar refractivity (Wildman–Crippen MR) is 122 cm³/mol. The minimum absolute atomic E-state index is 0.205. The fraction of sp³-hybridized carbons (Fsp3) is 0.115. The van der Waals surface area contributed by atoms with Crippen LogP contribution in [-0.2, 0) is 6.54 Å². The number of para-hydroxylation sites is 1. The molecule has 2 heterocycles. The molecule has 1 aliphatic heterocycles. The van der Waals surface area contributed by atoms with Gasteiger partial charge in [0.25, 0.3) is 11.8 Å². The van der Waals surface area contributed by atoms with Crippen molar-refractivity contribution in [1.29, 1.82) is 0 Å². The van der Waals surface area contributed by atoms with Crippen LogP contribution in [0.15, 0.2) is 91.1 Å². The topological polar surface area (TPSA) is 58.4 Å². The van der Waals surface area contributed by atoms with E-state index in [1.807, 2.05) is 83.5 Å². The van der Waals surface area contributed by atoms with E-state index in [4.69, 9.17) is 5.10 Å². The molecule has 0 radical (unpaired) electrons. The van der Waals surface area contributed by atoms with Gasteiger partial charge in [-0.2, -0.15) is 5.10 Å². The molecule has 6 nitrogen and oxygen atoms in total. The molecule has 0 aliphatic carbocycles. The third-order valence-corrected chi connectivity index (χ3v) is 5.56. The van der Waals surface area contributed by atoms with Gasteiger partial charge >= 0.3 is 0 Å². The van der Waals surface area contributed by atoms with Crippen LogP contribution in [-0.4, -0.2) is 45.1 Å². The van der Waals surface area contributed by atoms with Gasteiger partial charge in [-0.25, -0.2) is 4.68 Å². The fourth-order valence-corrected chi connectivity index (χ4v) is 4.03. The molecule has 6 heteroatoms. The number of carbonyl (C=O) groups is 2. The van der Waals surface area contributed by atoms with Crippen LogP contribution in [0.2, 0.25) is 0 Å². The summed E-state index contributed by atoms with van der Waals surface area (Å²) in [6, 6.07) is 26.9. The highest BCUT2D eigenvalue weighted by molar-refractivity contribution is 6.21. The van der Waals surface area contributed by atoms with E-state index in [-0.39, 0.29) is 18.5 Å². The standard InChI is InChI=1S/C26H22N4O2/c1-28(18-29-25(31)22-14-8-9-15-23(22)26(29)32)16-20-17-30(21-12-6-3-7-13-21)27-24(20)19-10-4-2-5-11-19/h2-15,17H,16,18H2,1H3. The number of imide groups is 1. The van der Waals surface area contributed by atoms with E-state index in [2.05, 4.69) is 0 Å². The molecule has 0 N–H and O–H groups in total. The van der Waals surface area contributed by atoms with Crippen LogP contribution >= 0.6 is 0 Å². The summed E-state index contributed by atoms with van der Waals surface area (Å²) >= 11 is 0. The van der Waals surface area contributed by atoms with E-state index in [9.17, 15) is 9.59 Å². The average molecular weight is 422 g/mol. The van der Waals surface area contributed by atoms with E-state index >= 15 is 0 Å². The SMILES string of the molecule is CN(Cc1cn(-c2ccccc2)nc1-c1ccccc1)CN1C(=O)c2ccccc2C1=O. The summed E-state index contributed by atoms with van der Waals surface area (Å²) < 4.78 is 1.87. The van der Waals surface area contributed by atoms with Gasteiger partial charge in [0.05, 0.1) is 29.2 Å². The second kappa shape index (κ2) is 8.24. The minimum Gasteiger partial charge on any atom is -0.284 e. The predicted octanol–water partition coefficient (Wildman–Crippen LogP) is 4.22. The van der Waals surface area contributed by atoms with Crippen LogP contribution in [0.25, 0.3) is 16.9 Å². The molecule has 32 heavy (non-hydrogen) atoms. The van der Waals surface area contributed by atoms with Gasteiger partial charge in [-0.05, 0) is 31.3 Å². The molecule has 0 bridgehead atoms. The first-order valence-corrected chi connectivity index (χ1v) is 10.4. The Morgan fingerprint density at radius 1 is 0.781 bits per heavy atom. The van der Waals surface area contributed by atoms with Gasteiger partial charge in [-0.3, -0.25) is 19.4 Å². The summed E-state index contributed by atoms with van der Waals surface area (Å²) in [5.74, 6) is -0.499. The number of benzene rings is 3. The maximum absolute atomic E-state index is 12.7. The smallest absolute Gasteiger partial charge is 0.262 e. The molecule has 5 rings (SSSR count). The summed E-state index contributed by atoms with van der Waals surface area (Å²) in [6.45, 7) is 0.738. The molecule has 0 spiro atoms. The largest absolute Gasteiger partial charge is 0.284 e. The highest BCUT2D eigenvalue weighted by Crippen LogP contribution is 2.26.